The van der Waals surface area contributed by atoms with E-state index < -0.39 is 33.8 Å². The number of methoxy groups -OCH3 is 1. The van der Waals surface area contributed by atoms with E-state index in [4.69, 9.17) is 0 Å². The molecule has 0 N–H and O–H groups in total. The van der Waals surface area contributed by atoms with Crippen LogP contribution in [0.5, 0.6) is 0 Å². The summed E-state index contributed by atoms with van der Waals surface area (Å²) >= 11 is 0.881. The van der Waals surface area contributed by atoms with Crippen LogP contribution < -0.4 is 4.90 Å². The number of rotatable bonds is 3. The first-order chi connectivity index (χ1) is 8.82. The zero-order valence-corrected chi connectivity index (χ0v) is 11.3. The minimum atomic E-state index is -4.77. The maximum atomic E-state index is 12.8. The largest absolute Gasteiger partial charge is 0.465 e. The lowest BCUT2D eigenvalue weighted by Gasteiger charge is -2.11. The van der Waals surface area contributed by atoms with Crippen LogP contribution in [0, 0.1) is 0 Å². The molecule has 1 atom stereocenters. The fourth-order valence-corrected chi connectivity index (χ4v) is 3.16. The van der Waals surface area contributed by atoms with Gasteiger partial charge < -0.3 is 4.74 Å². The molecule has 1 amide bonds. The second kappa shape index (κ2) is 4.85. The van der Waals surface area contributed by atoms with Crippen LogP contribution in [0.25, 0.3) is 0 Å². The van der Waals surface area contributed by atoms with E-state index in [9.17, 15) is 21.9 Å². The van der Waals surface area contributed by atoms with Crippen molar-refractivity contribution in [3.05, 3.63) is 11.1 Å². The van der Waals surface area contributed by atoms with E-state index in [0.717, 1.165) is 16.2 Å². The standard InChI is InChI=1S/C9H9FN2O5S2/c1-17-8(14)6-3-11-9(18-6)12-4-5(2-7(12)13)19(10,15)16/h3,5H,2,4H2,1H3. The van der Waals surface area contributed by atoms with E-state index >= 15 is 0 Å². The second-order valence-corrected chi connectivity index (χ2v) is 6.43. The van der Waals surface area contributed by atoms with Crippen molar-refractivity contribution in [1.29, 1.82) is 0 Å². The molecule has 104 valence electrons. The number of amides is 1. The average Bonchev–Trinajstić information content (AvgIpc) is 2.93. The van der Waals surface area contributed by atoms with Gasteiger partial charge in [-0.2, -0.15) is 8.42 Å². The molecule has 19 heavy (non-hydrogen) atoms. The van der Waals surface area contributed by atoms with Crippen molar-refractivity contribution in [3.63, 3.8) is 0 Å². The first-order valence-corrected chi connectivity index (χ1v) is 7.37. The molecule has 2 rings (SSSR count). The van der Waals surface area contributed by atoms with Gasteiger partial charge >= 0.3 is 16.2 Å². The molecule has 1 aliphatic rings. The lowest BCUT2D eigenvalue weighted by Crippen LogP contribution is -2.26. The monoisotopic (exact) mass is 308 g/mol. The van der Waals surface area contributed by atoms with Gasteiger partial charge in [-0.1, -0.05) is 11.3 Å². The molecule has 10 heteroatoms. The van der Waals surface area contributed by atoms with E-state index in [-0.39, 0.29) is 16.6 Å². The molecular weight excluding hydrogens is 299 g/mol. The number of ether oxygens (including phenoxy) is 1. The number of thiazole rings is 1. The molecule has 1 unspecified atom stereocenters. The van der Waals surface area contributed by atoms with Gasteiger partial charge in [-0.3, -0.25) is 9.69 Å². The van der Waals surface area contributed by atoms with Gasteiger partial charge in [0.25, 0.3) is 0 Å². The number of nitrogens with zero attached hydrogens (tertiary/aromatic N) is 2. The van der Waals surface area contributed by atoms with E-state index in [1.54, 1.807) is 0 Å². The number of carbonyl (C=O) groups excluding carboxylic acids is 2. The summed E-state index contributed by atoms with van der Waals surface area (Å²) in [5, 5.41) is -1.23. The first kappa shape index (κ1) is 13.9. The molecular formula is C9H9FN2O5S2. The van der Waals surface area contributed by atoms with Crippen molar-refractivity contribution in [1.82, 2.24) is 4.98 Å². The van der Waals surface area contributed by atoms with Gasteiger partial charge in [0.1, 0.15) is 10.1 Å². The predicted octanol–water partition coefficient (Wildman–Crippen LogP) is 0.334. The van der Waals surface area contributed by atoms with E-state index in [1.807, 2.05) is 0 Å². The minimum Gasteiger partial charge on any atom is -0.465 e. The van der Waals surface area contributed by atoms with Crippen molar-refractivity contribution < 1.29 is 26.6 Å². The molecule has 0 saturated carbocycles. The number of esters is 1. The Morgan fingerprint density at radius 1 is 1.63 bits per heavy atom. The second-order valence-electron chi connectivity index (χ2n) is 3.80. The van der Waals surface area contributed by atoms with Crippen LogP contribution in [0.2, 0.25) is 0 Å². The number of hydrogen-bond acceptors (Lipinski definition) is 7. The van der Waals surface area contributed by atoms with Gasteiger partial charge in [0.2, 0.25) is 5.91 Å². The Labute approximate surface area is 112 Å². The molecule has 2 heterocycles. The Hall–Kier alpha value is -1.55. The molecule has 0 spiro atoms. The van der Waals surface area contributed by atoms with Crippen LogP contribution in [-0.2, 0) is 19.8 Å². The van der Waals surface area contributed by atoms with Crippen LogP contribution in [0.15, 0.2) is 6.20 Å². The zero-order chi connectivity index (χ0) is 14.2. The normalized spacial score (nSPS) is 19.8. The van der Waals surface area contributed by atoms with Gasteiger partial charge in [0.05, 0.1) is 13.3 Å². The smallest absolute Gasteiger partial charge is 0.349 e. The Balaban J connectivity index is 2.21. The summed E-state index contributed by atoms with van der Waals surface area (Å²) in [4.78, 5) is 27.9. The van der Waals surface area contributed by atoms with E-state index in [0.29, 0.717) is 0 Å². The number of hydrogen-bond donors (Lipinski definition) is 0. The van der Waals surface area contributed by atoms with Crippen molar-refractivity contribution in [3.8, 4) is 0 Å². The highest BCUT2D eigenvalue weighted by Gasteiger charge is 2.40. The lowest BCUT2D eigenvalue weighted by atomic mass is 10.4. The van der Waals surface area contributed by atoms with Gasteiger partial charge in [0.15, 0.2) is 5.13 Å². The molecule has 0 radical (unpaired) electrons. The highest BCUT2D eigenvalue weighted by atomic mass is 32.3. The predicted molar refractivity (Wildman–Crippen MR) is 64.2 cm³/mol. The Kier molecular flexibility index (Phi) is 3.54. The van der Waals surface area contributed by atoms with Gasteiger partial charge in [-0.25, -0.2) is 9.78 Å². The third-order valence-electron chi connectivity index (χ3n) is 2.60. The molecule has 1 aromatic rings. The Morgan fingerprint density at radius 2 is 2.32 bits per heavy atom. The molecule has 0 bridgehead atoms. The van der Waals surface area contributed by atoms with Crippen molar-refractivity contribution in [2.24, 2.45) is 0 Å². The zero-order valence-electron chi connectivity index (χ0n) is 9.70. The maximum absolute atomic E-state index is 12.8. The van der Waals surface area contributed by atoms with Gasteiger partial charge in [0, 0.05) is 13.0 Å². The van der Waals surface area contributed by atoms with Gasteiger partial charge in [-0.05, 0) is 0 Å². The summed E-state index contributed by atoms with van der Waals surface area (Å²) in [7, 11) is -3.57. The van der Waals surface area contributed by atoms with Crippen molar-refractivity contribution >= 4 is 38.6 Å². The van der Waals surface area contributed by atoms with Gasteiger partial charge in [-0.15, -0.1) is 3.89 Å². The Morgan fingerprint density at radius 3 is 2.84 bits per heavy atom. The minimum absolute atomic E-state index is 0.150. The SMILES string of the molecule is COC(=O)c1cnc(N2CC(S(=O)(=O)F)CC2=O)s1. The van der Waals surface area contributed by atoms with E-state index in [2.05, 4.69) is 9.72 Å². The summed E-state index contributed by atoms with van der Waals surface area (Å²) < 4.78 is 38.9. The van der Waals surface area contributed by atoms with E-state index in [1.165, 1.54) is 13.3 Å². The maximum Gasteiger partial charge on any atom is 0.349 e. The first-order valence-electron chi connectivity index (χ1n) is 5.11. The number of halogens is 1. The number of aromatic nitrogens is 1. The van der Waals surface area contributed by atoms with Crippen LogP contribution in [0.1, 0.15) is 16.1 Å². The van der Waals surface area contributed by atoms with Crippen LogP contribution in [0.3, 0.4) is 0 Å². The summed E-state index contributed by atoms with van der Waals surface area (Å²) in [5.74, 6) is -1.15. The molecule has 1 saturated heterocycles. The van der Waals surface area contributed by atoms with Crippen LogP contribution >= 0.6 is 11.3 Å². The topological polar surface area (TPSA) is 93.6 Å². The fourth-order valence-electron chi connectivity index (χ4n) is 1.63. The summed E-state index contributed by atoms with van der Waals surface area (Å²) in [6, 6.07) is 0. The summed E-state index contributed by atoms with van der Waals surface area (Å²) in [6.07, 6.45) is 0.794. The fraction of sp³-hybridized carbons (Fsp3) is 0.444. The quantitative estimate of drug-likeness (QED) is 0.590. The third-order valence-corrected chi connectivity index (χ3v) is 4.71. The lowest BCUT2D eigenvalue weighted by molar-refractivity contribution is -0.117. The molecule has 7 nitrogen and oxygen atoms in total. The molecule has 1 aromatic heterocycles. The van der Waals surface area contributed by atoms with Crippen molar-refractivity contribution in [2.45, 2.75) is 11.7 Å². The molecule has 1 aliphatic heterocycles. The van der Waals surface area contributed by atoms with Crippen LogP contribution in [-0.4, -0.2) is 44.2 Å². The highest BCUT2D eigenvalue weighted by Crippen LogP contribution is 2.29. The van der Waals surface area contributed by atoms with Crippen LogP contribution in [0.4, 0.5) is 9.02 Å². The van der Waals surface area contributed by atoms with Crippen molar-refractivity contribution in [2.75, 3.05) is 18.6 Å². The summed E-state index contributed by atoms with van der Waals surface area (Å²) in [6.45, 7) is -0.300. The number of anilines is 1. The third kappa shape index (κ3) is 2.73. The molecule has 0 aliphatic carbocycles. The average molecular weight is 308 g/mol. The summed E-state index contributed by atoms with van der Waals surface area (Å²) in [5.41, 5.74) is 0. The highest BCUT2D eigenvalue weighted by molar-refractivity contribution is 7.87. The molecule has 1 fully saturated rings. The molecule has 0 aromatic carbocycles. The number of carbonyl (C=O) groups is 2. The Bertz CT molecular complexity index is 626.